The summed E-state index contributed by atoms with van der Waals surface area (Å²) in [5.74, 6) is -0.205. The van der Waals surface area contributed by atoms with Crippen LogP contribution in [0.1, 0.15) is 5.56 Å². The number of rotatable bonds is 3. The van der Waals surface area contributed by atoms with E-state index in [-0.39, 0.29) is 5.82 Å². The fourth-order valence-corrected chi connectivity index (χ4v) is 2.31. The van der Waals surface area contributed by atoms with E-state index in [1.165, 1.54) is 6.07 Å². The lowest BCUT2D eigenvalue weighted by atomic mass is 10.1. The van der Waals surface area contributed by atoms with E-state index in [0.717, 1.165) is 28.5 Å². The average molecular weight is 271 g/mol. The Labute approximate surface area is 96.0 Å². The van der Waals surface area contributed by atoms with E-state index in [9.17, 15) is 4.39 Å². The van der Waals surface area contributed by atoms with Crippen molar-refractivity contribution in [3.05, 3.63) is 34.2 Å². The molecule has 0 bridgehead atoms. The molecule has 1 aromatic heterocycles. The zero-order valence-corrected chi connectivity index (χ0v) is 9.99. The molecule has 0 aliphatic rings. The van der Waals surface area contributed by atoms with Crippen LogP contribution in [0, 0.1) is 5.82 Å². The van der Waals surface area contributed by atoms with Crippen LogP contribution in [0.3, 0.4) is 0 Å². The van der Waals surface area contributed by atoms with Gasteiger partial charge in [0, 0.05) is 5.39 Å². The van der Waals surface area contributed by atoms with Gasteiger partial charge in [-0.1, -0.05) is 12.1 Å². The van der Waals surface area contributed by atoms with Gasteiger partial charge >= 0.3 is 0 Å². The van der Waals surface area contributed by atoms with Crippen molar-refractivity contribution in [2.24, 2.45) is 0 Å². The second-order valence-electron chi connectivity index (χ2n) is 3.43. The number of H-pyrrole nitrogens is 1. The number of hydrogen-bond donors (Lipinski definition) is 2. The molecule has 0 fully saturated rings. The number of aromatic nitrogens is 1. The number of para-hydroxylation sites is 1. The van der Waals surface area contributed by atoms with Crippen LogP contribution in [-0.4, -0.2) is 18.6 Å². The summed E-state index contributed by atoms with van der Waals surface area (Å²) in [6.45, 7) is 0.877. The monoisotopic (exact) mass is 270 g/mol. The highest BCUT2D eigenvalue weighted by molar-refractivity contribution is 9.10. The van der Waals surface area contributed by atoms with Gasteiger partial charge in [-0.05, 0) is 47.6 Å². The molecule has 4 heteroatoms. The summed E-state index contributed by atoms with van der Waals surface area (Å²) in [6, 6.07) is 5.14. The largest absolute Gasteiger partial charge is 0.347 e. The summed E-state index contributed by atoms with van der Waals surface area (Å²) in [4.78, 5) is 3.02. The Bertz CT molecular complexity index is 479. The molecule has 2 aromatic rings. The fraction of sp³-hybridized carbons (Fsp3) is 0.273. The maximum Gasteiger partial charge on any atom is 0.147 e. The van der Waals surface area contributed by atoms with E-state index in [1.54, 1.807) is 6.07 Å². The third-order valence-electron chi connectivity index (χ3n) is 2.46. The highest BCUT2D eigenvalue weighted by atomic mass is 79.9. The van der Waals surface area contributed by atoms with Crippen LogP contribution in [0.5, 0.6) is 0 Å². The van der Waals surface area contributed by atoms with Gasteiger partial charge < -0.3 is 10.3 Å². The highest BCUT2D eigenvalue weighted by Crippen LogP contribution is 2.28. The van der Waals surface area contributed by atoms with Crippen LogP contribution < -0.4 is 5.32 Å². The molecule has 0 saturated carbocycles. The van der Waals surface area contributed by atoms with E-state index in [2.05, 4.69) is 26.2 Å². The van der Waals surface area contributed by atoms with Crippen molar-refractivity contribution in [1.82, 2.24) is 10.3 Å². The van der Waals surface area contributed by atoms with Crippen LogP contribution in [-0.2, 0) is 6.42 Å². The lowest BCUT2D eigenvalue weighted by molar-refractivity contribution is 0.637. The number of benzene rings is 1. The van der Waals surface area contributed by atoms with Gasteiger partial charge in [-0.25, -0.2) is 4.39 Å². The fourth-order valence-electron chi connectivity index (χ4n) is 1.70. The van der Waals surface area contributed by atoms with E-state index in [4.69, 9.17) is 0 Å². The standard InChI is InChI=1S/C11H12BrFN2/c1-14-6-5-8-7-3-2-4-9(13)10(7)15-11(8)12/h2-4,14-15H,5-6H2,1H3. The smallest absolute Gasteiger partial charge is 0.147 e. The van der Waals surface area contributed by atoms with Crippen LogP contribution in [0.15, 0.2) is 22.8 Å². The number of aromatic amines is 1. The normalized spacial score (nSPS) is 11.1. The van der Waals surface area contributed by atoms with Gasteiger partial charge in [0.2, 0.25) is 0 Å². The summed E-state index contributed by atoms with van der Waals surface area (Å²) in [5.41, 5.74) is 1.70. The predicted octanol–water partition coefficient (Wildman–Crippen LogP) is 2.83. The van der Waals surface area contributed by atoms with E-state index in [0.29, 0.717) is 5.52 Å². The van der Waals surface area contributed by atoms with Gasteiger partial charge in [-0.3, -0.25) is 0 Å². The van der Waals surface area contributed by atoms with Crippen molar-refractivity contribution in [3.63, 3.8) is 0 Å². The van der Waals surface area contributed by atoms with Crippen LogP contribution in [0.25, 0.3) is 10.9 Å². The summed E-state index contributed by atoms with van der Waals surface area (Å²) >= 11 is 3.42. The Morgan fingerprint density at radius 2 is 2.27 bits per heavy atom. The zero-order valence-electron chi connectivity index (χ0n) is 8.40. The van der Waals surface area contributed by atoms with E-state index in [1.807, 2.05) is 13.1 Å². The van der Waals surface area contributed by atoms with E-state index >= 15 is 0 Å². The lowest BCUT2D eigenvalue weighted by Gasteiger charge is -1.99. The van der Waals surface area contributed by atoms with Crippen molar-refractivity contribution in [2.75, 3.05) is 13.6 Å². The SMILES string of the molecule is CNCCc1c(Br)[nH]c2c(F)cccc12. The molecule has 15 heavy (non-hydrogen) atoms. The third kappa shape index (κ3) is 1.92. The molecule has 0 saturated heterocycles. The number of nitrogens with one attached hydrogen (secondary N) is 2. The van der Waals surface area contributed by atoms with Crippen molar-refractivity contribution < 1.29 is 4.39 Å². The molecular weight excluding hydrogens is 259 g/mol. The molecule has 2 rings (SSSR count). The average Bonchev–Trinajstić information content (AvgIpc) is 2.54. The predicted molar refractivity (Wildman–Crippen MR) is 63.6 cm³/mol. The first-order valence-corrected chi connectivity index (χ1v) is 5.62. The van der Waals surface area contributed by atoms with Gasteiger partial charge in [0.05, 0.1) is 10.1 Å². The molecule has 0 unspecified atom stereocenters. The molecule has 2 nitrogen and oxygen atoms in total. The second-order valence-corrected chi connectivity index (χ2v) is 4.23. The number of halogens is 2. The maximum atomic E-state index is 13.4. The molecule has 1 heterocycles. The number of hydrogen-bond acceptors (Lipinski definition) is 1. The highest BCUT2D eigenvalue weighted by Gasteiger charge is 2.11. The molecule has 0 amide bonds. The van der Waals surface area contributed by atoms with Gasteiger partial charge in [0.15, 0.2) is 0 Å². The molecule has 80 valence electrons. The molecule has 1 aromatic carbocycles. The first kappa shape index (κ1) is 10.6. The Morgan fingerprint density at radius 3 is 3.00 bits per heavy atom. The molecule has 0 aliphatic heterocycles. The molecule has 0 atom stereocenters. The molecule has 0 radical (unpaired) electrons. The van der Waals surface area contributed by atoms with Crippen molar-refractivity contribution >= 4 is 26.8 Å². The summed E-state index contributed by atoms with van der Waals surface area (Å²) in [5, 5.41) is 4.04. The van der Waals surface area contributed by atoms with Gasteiger partial charge in [0.1, 0.15) is 5.82 Å². The molecule has 0 aliphatic carbocycles. The first-order valence-electron chi connectivity index (χ1n) is 4.83. The summed E-state index contributed by atoms with van der Waals surface area (Å²) < 4.78 is 14.3. The Balaban J connectivity index is 2.53. The van der Waals surface area contributed by atoms with Crippen LogP contribution in [0.2, 0.25) is 0 Å². The topological polar surface area (TPSA) is 27.8 Å². The Hall–Kier alpha value is -0.870. The molecule has 2 N–H and O–H groups in total. The number of fused-ring (bicyclic) bond motifs is 1. The second kappa shape index (κ2) is 4.33. The van der Waals surface area contributed by atoms with Crippen LogP contribution in [0.4, 0.5) is 4.39 Å². The Morgan fingerprint density at radius 1 is 1.47 bits per heavy atom. The first-order chi connectivity index (χ1) is 7.24. The lowest BCUT2D eigenvalue weighted by Crippen LogP contribution is -2.10. The zero-order chi connectivity index (χ0) is 10.8. The van der Waals surface area contributed by atoms with Crippen LogP contribution >= 0.6 is 15.9 Å². The summed E-state index contributed by atoms with van der Waals surface area (Å²) in [7, 11) is 1.91. The molecule has 0 spiro atoms. The van der Waals surface area contributed by atoms with E-state index < -0.39 is 0 Å². The maximum absolute atomic E-state index is 13.4. The number of likely N-dealkylation sites (N-methyl/N-ethyl adjacent to an activating group) is 1. The van der Waals surface area contributed by atoms with Crippen molar-refractivity contribution in [3.8, 4) is 0 Å². The minimum absolute atomic E-state index is 0.205. The Kier molecular flexibility index (Phi) is 3.07. The van der Waals surface area contributed by atoms with Gasteiger partial charge in [-0.2, -0.15) is 0 Å². The third-order valence-corrected chi connectivity index (χ3v) is 3.14. The van der Waals surface area contributed by atoms with Gasteiger partial charge in [-0.15, -0.1) is 0 Å². The van der Waals surface area contributed by atoms with Gasteiger partial charge in [0.25, 0.3) is 0 Å². The minimum Gasteiger partial charge on any atom is -0.347 e. The summed E-state index contributed by atoms with van der Waals surface area (Å²) in [6.07, 6.45) is 0.876. The quantitative estimate of drug-likeness (QED) is 0.882. The molecular formula is C11H12BrFN2. The van der Waals surface area contributed by atoms with Crippen molar-refractivity contribution in [2.45, 2.75) is 6.42 Å². The minimum atomic E-state index is -0.205. The van der Waals surface area contributed by atoms with Crippen molar-refractivity contribution in [1.29, 1.82) is 0 Å².